The molecular weight excluding hydrogens is 218 g/mol. The van der Waals surface area contributed by atoms with Gasteiger partial charge in [-0.05, 0) is 20.3 Å². The number of unbranched alkanes of at least 4 members (excludes halogenated alkanes) is 4. The smallest absolute Gasteiger partial charge is 0.205 e. The Morgan fingerprint density at radius 2 is 1.94 bits per heavy atom. The lowest BCUT2D eigenvalue weighted by molar-refractivity contribution is 0.578. The molecule has 16 heavy (non-hydrogen) atoms. The number of nitrogens with one attached hydrogen (secondary N) is 1. The molecule has 1 heterocycles. The highest BCUT2D eigenvalue weighted by Gasteiger charge is 2.05. The lowest BCUT2D eigenvalue weighted by atomic mass is 10.1. The van der Waals surface area contributed by atoms with Crippen molar-refractivity contribution in [3.8, 4) is 0 Å². The fraction of sp³-hybridized carbons (Fsp3) is 0.833. The van der Waals surface area contributed by atoms with Crippen LogP contribution < -0.4 is 5.32 Å². The summed E-state index contributed by atoms with van der Waals surface area (Å²) in [5.41, 5.74) is 0. The standard InChI is InChI=1S/C12H23N3S/c1-4-5-6-7-8-9-10(2)13-12-15-14-11(3)16-12/h10H,4-9H2,1-3H3,(H,13,15). The molecule has 0 aliphatic carbocycles. The van der Waals surface area contributed by atoms with E-state index < -0.39 is 0 Å². The predicted molar refractivity (Wildman–Crippen MR) is 71.1 cm³/mol. The van der Waals surface area contributed by atoms with Crippen molar-refractivity contribution >= 4 is 16.5 Å². The first kappa shape index (κ1) is 13.4. The number of anilines is 1. The van der Waals surface area contributed by atoms with E-state index >= 15 is 0 Å². The molecule has 0 aliphatic rings. The number of rotatable bonds is 8. The van der Waals surface area contributed by atoms with Crippen LogP contribution in [0.25, 0.3) is 0 Å². The van der Waals surface area contributed by atoms with Crippen LogP contribution in [0, 0.1) is 6.92 Å². The lowest BCUT2D eigenvalue weighted by Gasteiger charge is -2.11. The fourth-order valence-corrected chi connectivity index (χ4v) is 2.40. The van der Waals surface area contributed by atoms with Gasteiger partial charge in [-0.1, -0.05) is 50.4 Å². The lowest BCUT2D eigenvalue weighted by Crippen LogP contribution is -2.14. The van der Waals surface area contributed by atoms with Crippen LogP contribution in [0.4, 0.5) is 5.13 Å². The minimum atomic E-state index is 0.508. The summed E-state index contributed by atoms with van der Waals surface area (Å²) in [6.45, 7) is 6.46. The van der Waals surface area contributed by atoms with Crippen molar-refractivity contribution in [1.82, 2.24) is 10.2 Å². The number of aromatic nitrogens is 2. The summed E-state index contributed by atoms with van der Waals surface area (Å²) in [5.74, 6) is 0. The molecule has 0 fully saturated rings. The molecule has 1 aromatic heterocycles. The first-order chi connectivity index (χ1) is 7.72. The largest absolute Gasteiger partial charge is 0.358 e. The molecule has 0 saturated carbocycles. The highest BCUT2D eigenvalue weighted by molar-refractivity contribution is 7.15. The Kier molecular flexibility index (Phi) is 6.38. The molecule has 0 amide bonds. The molecule has 1 N–H and O–H groups in total. The van der Waals surface area contributed by atoms with Gasteiger partial charge in [0.2, 0.25) is 5.13 Å². The minimum absolute atomic E-state index is 0.508. The van der Waals surface area contributed by atoms with Crippen LogP contribution >= 0.6 is 11.3 Å². The molecular formula is C12H23N3S. The Morgan fingerprint density at radius 3 is 2.56 bits per heavy atom. The second kappa shape index (κ2) is 7.60. The van der Waals surface area contributed by atoms with Crippen LogP contribution in [0.3, 0.4) is 0 Å². The van der Waals surface area contributed by atoms with Gasteiger partial charge >= 0.3 is 0 Å². The van der Waals surface area contributed by atoms with Crippen LogP contribution in [0.2, 0.25) is 0 Å². The van der Waals surface area contributed by atoms with Crippen molar-refractivity contribution in [3.63, 3.8) is 0 Å². The molecule has 0 spiro atoms. The molecule has 3 nitrogen and oxygen atoms in total. The van der Waals surface area contributed by atoms with Crippen molar-refractivity contribution in [2.24, 2.45) is 0 Å². The van der Waals surface area contributed by atoms with Gasteiger partial charge in [0.05, 0.1) is 0 Å². The molecule has 1 atom stereocenters. The number of hydrogen-bond donors (Lipinski definition) is 1. The highest BCUT2D eigenvalue weighted by Crippen LogP contribution is 2.16. The van der Waals surface area contributed by atoms with E-state index in [0.29, 0.717) is 6.04 Å². The number of aryl methyl sites for hydroxylation is 1. The van der Waals surface area contributed by atoms with Crippen molar-refractivity contribution in [2.45, 2.75) is 65.3 Å². The molecule has 92 valence electrons. The van der Waals surface area contributed by atoms with E-state index in [2.05, 4.69) is 29.4 Å². The Balaban J connectivity index is 2.09. The summed E-state index contributed by atoms with van der Waals surface area (Å²) in [6.07, 6.45) is 7.96. The average molecular weight is 241 g/mol. The van der Waals surface area contributed by atoms with E-state index in [0.717, 1.165) is 10.1 Å². The van der Waals surface area contributed by atoms with Crippen molar-refractivity contribution in [2.75, 3.05) is 5.32 Å². The third-order valence-electron chi connectivity index (χ3n) is 2.64. The maximum absolute atomic E-state index is 4.07. The Labute approximate surface area is 103 Å². The summed E-state index contributed by atoms with van der Waals surface area (Å²) in [4.78, 5) is 0. The van der Waals surface area contributed by atoms with E-state index in [9.17, 15) is 0 Å². The number of nitrogens with zero attached hydrogens (tertiary/aromatic N) is 2. The average Bonchev–Trinajstić information content (AvgIpc) is 2.63. The Morgan fingerprint density at radius 1 is 1.19 bits per heavy atom. The maximum atomic E-state index is 4.07. The third kappa shape index (κ3) is 5.45. The van der Waals surface area contributed by atoms with Crippen molar-refractivity contribution in [3.05, 3.63) is 5.01 Å². The second-order valence-corrected chi connectivity index (χ2v) is 5.56. The van der Waals surface area contributed by atoms with Gasteiger partial charge in [-0.15, -0.1) is 10.2 Å². The first-order valence-corrected chi connectivity index (χ1v) is 7.10. The molecule has 0 aliphatic heterocycles. The molecule has 1 aromatic rings. The van der Waals surface area contributed by atoms with Gasteiger partial charge in [0.25, 0.3) is 0 Å². The van der Waals surface area contributed by atoms with E-state index in [-0.39, 0.29) is 0 Å². The van der Waals surface area contributed by atoms with E-state index in [1.54, 1.807) is 11.3 Å². The Hall–Kier alpha value is -0.640. The van der Waals surface area contributed by atoms with Crippen LogP contribution in [0.1, 0.15) is 57.4 Å². The van der Waals surface area contributed by atoms with Crippen LogP contribution in [0.15, 0.2) is 0 Å². The van der Waals surface area contributed by atoms with Crippen LogP contribution in [0.5, 0.6) is 0 Å². The molecule has 0 radical (unpaired) electrons. The SMILES string of the molecule is CCCCCCCC(C)Nc1nnc(C)s1. The minimum Gasteiger partial charge on any atom is -0.358 e. The van der Waals surface area contributed by atoms with Gasteiger partial charge in [-0.25, -0.2) is 0 Å². The van der Waals surface area contributed by atoms with Crippen LogP contribution in [-0.2, 0) is 0 Å². The molecule has 4 heteroatoms. The van der Waals surface area contributed by atoms with Gasteiger partial charge in [-0.2, -0.15) is 0 Å². The van der Waals surface area contributed by atoms with E-state index in [1.165, 1.54) is 38.5 Å². The molecule has 0 aromatic carbocycles. The first-order valence-electron chi connectivity index (χ1n) is 6.29. The molecule has 0 saturated heterocycles. The summed E-state index contributed by atoms with van der Waals surface area (Å²) in [5, 5.41) is 13.4. The van der Waals surface area contributed by atoms with Gasteiger partial charge in [-0.3, -0.25) is 0 Å². The van der Waals surface area contributed by atoms with Gasteiger partial charge in [0, 0.05) is 6.04 Å². The number of hydrogen-bond acceptors (Lipinski definition) is 4. The third-order valence-corrected chi connectivity index (χ3v) is 3.41. The monoisotopic (exact) mass is 241 g/mol. The summed E-state index contributed by atoms with van der Waals surface area (Å²) < 4.78 is 0. The van der Waals surface area contributed by atoms with Gasteiger partial charge in [0.15, 0.2) is 0 Å². The zero-order valence-electron chi connectivity index (χ0n) is 10.6. The maximum Gasteiger partial charge on any atom is 0.205 e. The van der Waals surface area contributed by atoms with E-state index in [1.807, 2.05) is 6.92 Å². The normalized spacial score (nSPS) is 12.7. The molecule has 0 bridgehead atoms. The van der Waals surface area contributed by atoms with Crippen molar-refractivity contribution in [1.29, 1.82) is 0 Å². The summed E-state index contributed by atoms with van der Waals surface area (Å²) >= 11 is 1.63. The Bertz CT molecular complexity index is 286. The molecule has 1 rings (SSSR count). The predicted octanol–water partition coefficient (Wildman–Crippen LogP) is 4.01. The zero-order chi connectivity index (χ0) is 11.8. The van der Waals surface area contributed by atoms with Crippen molar-refractivity contribution < 1.29 is 0 Å². The molecule has 1 unspecified atom stereocenters. The summed E-state index contributed by atoms with van der Waals surface area (Å²) in [6, 6.07) is 0.508. The summed E-state index contributed by atoms with van der Waals surface area (Å²) in [7, 11) is 0. The second-order valence-electron chi connectivity index (χ2n) is 4.37. The highest BCUT2D eigenvalue weighted by atomic mass is 32.1. The topological polar surface area (TPSA) is 37.8 Å². The zero-order valence-corrected chi connectivity index (χ0v) is 11.4. The van der Waals surface area contributed by atoms with E-state index in [4.69, 9.17) is 0 Å². The van der Waals surface area contributed by atoms with Crippen LogP contribution in [-0.4, -0.2) is 16.2 Å². The van der Waals surface area contributed by atoms with Gasteiger partial charge < -0.3 is 5.32 Å². The van der Waals surface area contributed by atoms with Gasteiger partial charge in [0.1, 0.15) is 5.01 Å². The quantitative estimate of drug-likeness (QED) is 0.699. The fourth-order valence-electron chi connectivity index (χ4n) is 1.69.